The molecule has 0 saturated carbocycles. The number of sulfone groups is 1. The molecule has 156 valence electrons. The summed E-state index contributed by atoms with van der Waals surface area (Å²) in [6, 6.07) is 5.31. The van der Waals surface area contributed by atoms with Crippen LogP contribution in [-0.2, 0) is 14.6 Å². The van der Waals surface area contributed by atoms with E-state index in [1.807, 2.05) is 0 Å². The first-order chi connectivity index (χ1) is 13.9. The van der Waals surface area contributed by atoms with Crippen molar-refractivity contribution >= 4 is 15.9 Å². The number of urea groups is 1. The van der Waals surface area contributed by atoms with E-state index in [2.05, 4.69) is 15.5 Å². The molecule has 1 atom stereocenters. The Labute approximate surface area is 167 Å². The van der Waals surface area contributed by atoms with Crippen LogP contribution in [0.15, 0.2) is 28.8 Å². The fourth-order valence-corrected chi connectivity index (χ4v) is 6.24. The first-order valence-corrected chi connectivity index (χ1v) is 10.8. The topological polar surface area (TPSA) is 115 Å². The number of amides is 2. The molecule has 2 aliphatic heterocycles. The number of rotatable bonds is 5. The molecule has 11 heteroatoms. The zero-order valence-corrected chi connectivity index (χ0v) is 16.6. The highest BCUT2D eigenvalue weighted by molar-refractivity contribution is 7.93. The van der Waals surface area contributed by atoms with E-state index < -0.39 is 20.5 Å². The second-order valence-electron chi connectivity index (χ2n) is 7.27. The van der Waals surface area contributed by atoms with Crippen LogP contribution in [0.1, 0.15) is 18.2 Å². The second-order valence-corrected chi connectivity index (χ2v) is 9.72. The van der Waals surface area contributed by atoms with Gasteiger partial charge >= 0.3 is 6.03 Å². The van der Waals surface area contributed by atoms with Gasteiger partial charge in [0, 0.05) is 32.3 Å². The fraction of sp³-hybridized carbons (Fsp3) is 0.500. The first-order valence-electron chi connectivity index (χ1n) is 9.20. The smallest absolute Gasteiger partial charge is 0.317 e. The van der Waals surface area contributed by atoms with Crippen molar-refractivity contribution in [2.45, 2.75) is 17.1 Å². The van der Waals surface area contributed by atoms with Gasteiger partial charge in [-0.15, -0.1) is 0 Å². The molecular weight excluding hydrogens is 403 g/mol. The van der Waals surface area contributed by atoms with E-state index in [9.17, 15) is 17.6 Å². The van der Waals surface area contributed by atoms with Gasteiger partial charge in [-0.2, -0.15) is 4.98 Å². The average Bonchev–Trinajstić information content (AvgIpc) is 3.23. The molecule has 0 bridgehead atoms. The van der Waals surface area contributed by atoms with E-state index in [1.165, 1.54) is 36.3 Å². The van der Waals surface area contributed by atoms with Crippen molar-refractivity contribution in [2.24, 2.45) is 0 Å². The van der Waals surface area contributed by atoms with E-state index in [0.29, 0.717) is 25.1 Å². The van der Waals surface area contributed by atoms with Gasteiger partial charge in [0.05, 0.1) is 18.3 Å². The SMILES string of the molecule is COCCNC(=O)N1CC2(C1)C(c1nc(-c3ccc(F)cc3)no1)CCS2(=O)=O. The van der Waals surface area contributed by atoms with E-state index in [0.717, 1.165) is 0 Å². The van der Waals surface area contributed by atoms with Crippen molar-refractivity contribution in [1.29, 1.82) is 0 Å². The first kappa shape index (κ1) is 19.8. The largest absolute Gasteiger partial charge is 0.383 e. The Balaban J connectivity index is 1.52. The van der Waals surface area contributed by atoms with Crippen molar-refractivity contribution in [3.05, 3.63) is 36.0 Å². The normalized spacial score (nSPS) is 21.9. The van der Waals surface area contributed by atoms with Crippen LogP contribution in [0.3, 0.4) is 0 Å². The average molecular weight is 424 g/mol. The maximum Gasteiger partial charge on any atom is 0.317 e. The standard InChI is InChI=1S/C18H21FN4O5S/c1-27-8-7-20-17(24)23-10-18(11-23)14(6-9-29(18,25)26)16-21-15(22-28-16)12-2-4-13(19)5-3-12/h2-5,14H,6-11H2,1H3,(H,20,24). The lowest BCUT2D eigenvalue weighted by Crippen LogP contribution is -2.69. The molecule has 2 aliphatic rings. The number of nitrogens with zero attached hydrogens (tertiary/aromatic N) is 3. The van der Waals surface area contributed by atoms with Gasteiger partial charge in [0.1, 0.15) is 10.6 Å². The lowest BCUT2D eigenvalue weighted by Gasteiger charge is -2.48. The number of aromatic nitrogens is 2. The van der Waals surface area contributed by atoms with E-state index in [-0.39, 0.29) is 42.4 Å². The molecule has 1 spiro atoms. The Morgan fingerprint density at radius 1 is 1.38 bits per heavy atom. The van der Waals surface area contributed by atoms with Crippen LogP contribution in [0.5, 0.6) is 0 Å². The van der Waals surface area contributed by atoms with Crippen LogP contribution in [0.2, 0.25) is 0 Å². The number of nitrogens with one attached hydrogen (secondary N) is 1. The van der Waals surface area contributed by atoms with Crippen LogP contribution in [0.4, 0.5) is 9.18 Å². The molecule has 0 aliphatic carbocycles. The molecule has 1 aromatic carbocycles. The zero-order valence-electron chi connectivity index (χ0n) is 15.8. The predicted molar refractivity (Wildman–Crippen MR) is 100 cm³/mol. The molecule has 1 unspecified atom stereocenters. The summed E-state index contributed by atoms with van der Waals surface area (Å²) >= 11 is 0. The van der Waals surface area contributed by atoms with Gasteiger partial charge < -0.3 is 19.5 Å². The van der Waals surface area contributed by atoms with Gasteiger partial charge in [-0.1, -0.05) is 5.16 Å². The number of likely N-dealkylation sites (tertiary alicyclic amines) is 1. The summed E-state index contributed by atoms with van der Waals surface area (Å²) in [5.74, 6) is -0.364. The summed E-state index contributed by atoms with van der Waals surface area (Å²) < 4.78 is 47.8. The minimum Gasteiger partial charge on any atom is -0.383 e. The Morgan fingerprint density at radius 3 is 2.79 bits per heavy atom. The van der Waals surface area contributed by atoms with E-state index in [1.54, 1.807) is 0 Å². The minimum atomic E-state index is -3.42. The molecule has 2 fully saturated rings. The Hall–Kier alpha value is -2.53. The summed E-state index contributed by atoms with van der Waals surface area (Å²) in [5.41, 5.74) is 0.573. The van der Waals surface area contributed by atoms with E-state index >= 15 is 0 Å². The van der Waals surface area contributed by atoms with Crippen molar-refractivity contribution in [3.63, 3.8) is 0 Å². The third-order valence-corrected chi connectivity index (χ3v) is 8.11. The molecule has 29 heavy (non-hydrogen) atoms. The highest BCUT2D eigenvalue weighted by Crippen LogP contribution is 2.49. The van der Waals surface area contributed by atoms with Crippen LogP contribution in [0, 0.1) is 5.82 Å². The molecule has 2 saturated heterocycles. The van der Waals surface area contributed by atoms with Crippen LogP contribution in [0.25, 0.3) is 11.4 Å². The van der Waals surface area contributed by atoms with Crippen molar-refractivity contribution in [3.8, 4) is 11.4 Å². The highest BCUT2D eigenvalue weighted by Gasteiger charge is 2.64. The summed E-state index contributed by atoms with van der Waals surface area (Å²) in [5, 5.41) is 6.62. The quantitative estimate of drug-likeness (QED) is 0.717. The third kappa shape index (κ3) is 3.38. The number of ether oxygens (including phenoxy) is 1. The van der Waals surface area contributed by atoms with Crippen LogP contribution >= 0.6 is 0 Å². The lowest BCUT2D eigenvalue weighted by molar-refractivity contribution is 0.114. The predicted octanol–water partition coefficient (Wildman–Crippen LogP) is 1.19. The molecule has 4 rings (SSSR count). The number of benzene rings is 1. The van der Waals surface area contributed by atoms with Crippen molar-refractivity contribution in [1.82, 2.24) is 20.4 Å². The molecular formula is C18H21FN4O5S. The highest BCUT2D eigenvalue weighted by atomic mass is 32.2. The van der Waals surface area contributed by atoms with Gasteiger partial charge in [-0.25, -0.2) is 17.6 Å². The molecule has 1 N–H and O–H groups in total. The molecule has 0 radical (unpaired) electrons. The summed E-state index contributed by atoms with van der Waals surface area (Å²) in [6.45, 7) is 0.875. The maximum atomic E-state index is 13.1. The Kier molecular flexibility index (Phi) is 5.03. The molecule has 9 nitrogen and oxygen atoms in total. The van der Waals surface area contributed by atoms with Crippen molar-refractivity contribution < 1.29 is 26.9 Å². The number of carbonyl (C=O) groups is 1. The zero-order chi connectivity index (χ0) is 20.6. The number of methoxy groups -OCH3 is 1. The maximum absolute atomic E-state index is 13.1. The van der Waals surface area contributed by atoms with Crippen molar-refractivity contribution in [2.75, 3.05) is 39.1 Å². The summed E-state index contributed by atoms with van der Waals surface area (Å²) in [7, 11) is -1.89. The fourth-order valence-electron chi connectivity index (χ4n) is 3.93. The number of carbonyl (C=O) groups excluding carboxylic acids is 1. The number of halogens is 1. The molecule has 3 heterocycles. The summed E-state index contributed by atoms with van der Waals surface area (Å²) in [6.07, 6.45) is 0.354. The van der Waals surface area contributed by atoms with E-state index in [4.69, 9.17) is 9.26 Å². The Bertz CT molecular complexity index is 1000. The second kappa shape index (κ2) is 7.38. The van der Waals surface area contributed by atoms with Crippen LogP contribution < -0.4 is 5.32 Å². The number of hydrogen-bond acceptors (Lipinski definition) is 7. The van der Waals surface area contributed by atoms with Gasteiger partial charge in [0.2, 0.25) is 11.7 Å². The monoisotopic (exact) mass is 424 g/mol. The van der Waals surface area contributed by atoms with Gasteiger partial charge in [0.15, 0.2) is 9.84 Å². The van der Waals surface area contributed by atoms with Gasteiger partial charge in [-0.3, -0.25) is 0 Å². The molecule has 2 aromatic rings. The molecule has 1 aromatic heterocycles. The molecule has 2 amide bonds. The lowest BCUT2D eigenvalue weighted by atomic mass is 9.83. The van der Waals surface area contributed by atoms with Crippen LogP contribution in [-0.4, -0.2) is 73.3 Å². The summed E-state index contributed by atoms with van der Waals surface area (Å²) in [4.78, 5) is 18.0. The number of hydrogen-bond donors (Lipinski definition) is 1. The van der Waals surface area contributed by atoms with Gasteiger partial charge in [0.25, 0.3) is 0 Å². The minimum absolute atomic E-state index is 0.00502. The van der Waals surface area contributed by atoms with Gasteiger partial charge in [-0.05, 0) is 30.7 Å². The Morgan fingerprint density at radius 2 is 2.10 bits per heavy atom. The third-order valence-electron chi connectivity index (χ3n) is 5.56.